The molecular formula is C14H24N4. The van der Waals surface area contributed by atoms with Crippen molar-refractivity contribution >= 4 is 0 Å². The Labute approximate surface area is 110 Å². The number of aryl methyl sites for hydroxylation is 1. The van der Waals surface area contributed by atoms with Gasteiger partial charge in [-0.05, 0) is 6.92 Å². The molecule has 0 saturated heterocycles. The van der Waals surface area contributed by atoms with Gasteiger partial charge in [0.05, 0.1) is 12.2 Å². The van der Waals surface area contributed by atoms with Crippen LogP contribution < -0.4 is 11.1 Å². The molecule has 4 nitrogen and oxygen atoms in total. The molecule has 0 aromatic carbocycles. The Hall–Kier alpha value is -1.31. The van der Waals surface area contributed by atoms with Gasteiger partial charge in [0.1, 0.15) is 0 Å². The van der Waals surface area contributed by atoms with Crippen molar-refractivity contribution in [2.75, 3.05) is 13.1 Å². The van der Waals surface area contributed by atoms with E-state index in [9.17, 15) is 0 Å². The number of hydrogen-bond acceptors (Lipinski definition) is 3. The third-order valence-corrected chi connectivity index (χ3v) is 2.79. The van der Waals surface area contributed by atoms with Crippen LogP contribution in [0.5, 0.6) is 0 Å². The van der Waals surface area contributed by atoms with Gasteiger partial charge in [0.25, 0.3) is 0 Å². The van der Waals surface area contributed by atoms with E-state index in [1.165, 1.54) is 5.56 Å². The zero-order valence-electron chi connectivity index (χ0n) is 12.0. The van der Waals surface area contributed by atoms with E-state index in [1.54, 1.807) is 0 Å². The lowest BCUT2D eigenvalue weighted by atomic mass is 9.87. The van der Waals surface area contributed by atoms with E-state index in [0.29, 0.717) is 13.1 Å². The minimum absolute atomic E-state index is 0.0160. The van der Waals surface area contributed by atoms with Crippen molar-refractivity contribution in [3.8, 4) is 11.8 Å². The van der Waals surface area contributed by atoms with Crippen molar-refractivity contribution in [1.82, 2.24) is 15.1 Å². The molecule has 0 spiro atoms. The number of nitrogens with zero attached hydrogens (tertiary/aromatic N) is 2. The number of nitrogens with one attached hydrogen (secondary N) is 1. The number of nitrogens with two attached hydrogens (primary N) is 1. The highest BCUT2D eigenvalue weighted by Crippen LogP contribution is 2.27. The van der Waals surface area contributed by atoms with Gasteiger partial charge in [-0.25, -0.2) is 0 Å². The normalized spacial score (nSPS) is 13.0. The molecule has 0 aliphatic heterocycles. The Kier molecular flexibility index (Phi) is 4.94. The maximum Gasteiger partial charge on any atom is 0.0726 e. The molecule has 0 radical (unpaired) electrons. The molecule has 4 heteroatoms. The molecule has 1 aromatic heterocycles. The van der Waals surface area contributed by atoms with E-state index in [1.807, 2.05) is 24.9 Å². The molecule has 1 heterocycles. The molecule has 0 fully saturated rings. The summed E-state index contributed by atoms with van der Waals surface area (Å²) < 4.78 is 1.85. The minimum atomic E-state index is 0.0160. The summed E-state index contributed by atoms with van der Waals surface area (Å²) in [5.41, 5.74) is 8.14. The largest absolute Gasteiger partial charge is 0.329 e. The lowest BCUT2D eigenvalue weighted by Gasteiger charge is -2.22. The van der Waals surface area contributed by atoms with Gasteiger partial charge in [-0.1, -0.05) is 26.7 Å². The predicted molar refractivity (Wildman–Crippen MR) is 75.2 cm³/mol. The van der Waals surface area contributed by atoms with E-state index in [4.69, 9.17) is 5.73 Å². The Bertz CT molecular complexity index is 443. The number of hydrogen-bond donors (Lipinski definition) is 2. The first-order chi connectivity index (χ1) is 8.40. The fourth-order valence-electron chi connectivity index (χ4n) is 1.93. The molecule has 1 rings (SSSR count). The average Bonchev–Trinajstić information content (AvgIpc) is 2.66. The van der Waals surface area contributed by atoms with E-state index in [2.05, 4.69) is 43.0 Å². The topological polar surface area (TPSA) is 55.9 Å². The quantitative estimate of drug-likeness (QED) is 0.790. The summed E-state index contributed by atoms with van der Waals surface area (Å²) in [6.45, 7) is 9.52. The molecule has 0 aliphatic carbocycles. The average molecular weight is 248 g/mol. The fourth-order valence-corrected chi connectivity index (χ4v) is 1.93. The molecule has 1 atom stereocenters. The molecule has 1 aromatic rings. The van der Waals surface area contributed by atoms with Crippen molar-refractivity contribution < 1.29 is 0 Å². The summed E-state index contributed by atoms with van der Waals surface area (Å²) in [5.74, 6) is 5.88. The highest BCUT2D eigenvalue weighted by molar-refractivity contribution is 5.28. The van der Waals surface area contributed by atoms with Crippen LogP contribution in [-0.4, -0.2) is 22.9 Å². The van der Waals surface area contributed by atoms with Crippen LogP contribution in [0.25, 0.3) is 0 Å². The first-order valence-electron chi connectivity index (χ1n) is 6.27. The van der Waals surface area contributed by atoms with E-state index >= 15 is 0 Å². The second-order valence-corrected chi connectivity index (χ2v) is 5.45. The molecule has 0 amide bonds. The molecular weight excluding hydrogens is 224 g/mol. The second-order valence-electron chi connectivity index (χ2n) is 5.45. The van der Waals surface area contributed by atoms with Gasteiger partial charge in [0, 0.05) is 36.8 Å². The SMILES string of the molecule is CC#CCNC(CN)c1cn(C)nc1C(C)(C)C. The maximum absolute atomic E-state index is 5.86. The lowest BCUT2D eigenvalue weighted by Crippen LogP contribution is -2.30. The maximum atomic E-state index is 5.86. The van der Waals surface area contributed by atoms with Gasteiger partial charge in [-0.3, -0.25) is 10.00 Å². The van der Waals surface area contributed by atoms with E-state index < -0.39 is 0 Å². The molecule has 0 bridgehead atoms. The van der Waals surface area contributed by atoms with Gasteiger partial charge < -0.3 is 5.73 Å². The van der Waals surface area contributed by atoms with Crippen LogP contribution in [0.4, 0.5) is 0 Å². The van der Waals surface area contributed by atoms with Gasteiger partial charge in [0.15, 0.2) is 0 Å². The molecule has 1 unspecified atom stereocenters. The molecule has 0 saturated carbocycles. The predicted octanol–water partition coefficient (Wildman–Crippen LogP) is 1.33. The minimum Gasteiger partial charge on any atom is -0.329 e. The second kappa shape index (κ2) is 6.03. The Morgan fingerprint density at radius 2 is 2.17 bits per heavy atom. The monoisotopic (exact) mass is 248 g/mol. The zero-order chi connectivity index (χ0) is 13.8. The van der Waals surface area contributed by atoms with Crippen LogP contribution in [0.2, 0.25) is 0 Å². The fraction of sp³-hybridized carbons (Fsp3) is 0.643. The lowest BCUT2D eigenvalue weighted by molar-refractivity contribution is 0.522. The summed E-state index contributed by atoms with van der Waals surface area (Å²) in [4.78, 5) is 0. The van der Waals surface area contributed by atoms with Gasteiger partial charge in [-0.15, -0.1) is 5.92 Å². The van der Waals surface area contributed by atoms with Crippen LogP contribution in [0.3, 0.4) is 0 Å². The van der Waals surface area contributed by atoms with Gasteiger partial charge in [0.2, 0.25) is 0 Å². The van der Waals surface area contributed by atoms with Crippen LogP contribution in [0.1, 0.15) is 45.0 Å². The highest BCUT2D eigenvalue weighted by Gasteiger charge is 2.25. The summed E-state index contributed by atoms with van der Waals surface area (Å²) in [6.07, 6.45) is 2.05. The van der Waals surface area contributed by atoms with E-state index in [-0.39, 0.29) is 11.5 Å². The first kappa shape index (κ1) is 14.7. The van der Waals surface area contributed by atoms with Crippen LogP contribution in [0, 0.1) is 11.8 Å². The zero-order valence-corrected chi connectivity index (χ0v) is 12.0. The highest BCUT2D eigenvalue weighted by atomic mass is 15.3. The molecule has 0 aliphatic rings. The Morgan fingerprint density at radius 3 is 2.67 bits per heavy atom. The molecule has 3 N–H and O–H groups in total. The third-order valence-electron chi connectivity index (χ3n) is 2.79. The van der Waals surface area contributed by atoms with E-state index in [0.717, 1.165) is 5.69 Å². The first-order valence-corrected chi connectivity index (χ1v) is 6.27. The van der Waals surface area contributed by atoms with Crippen LogP contribution in [0.15, 0.2) is 6.20 Å². The van der Waals surface area contributed by atoms with Crippen molar-refractivity contribution in [2.24, 2.45) is 12.8 Å². The Balaban J connectivity index is 3.00. The third kappa shape index (κ3) is 3.59. The Morgan fingerprint density at radius 1 is 1.50 bits per heavy atom. The summed E-state index contributed by atoms with van der Waals surface area (Å²) in [6, 6.07) is 0.105. The van der Waals surface area contributed by atoms with Crippen LogP contribution >= 0.6 is 0 Å². The van der Waals surface area contributed by atoms with Crippen LogP contribution in [-0.2, 0) is 12.5 Å². The standard InChI is InChI=1S/C14H24N4/c1-6-7-8-16-12(9-15)11-10-18(5)17-13(11)14(2,3)4/h10,12,16H,8-9,15H2,1-5H3. The van der Waals surface area contributed by atoms with Crippen molar-refractivity contribution in [2.45, 2.75) is 39.2 Å². The van der Waals surface area contributed by atoms with Crippen molar-refractivity contribution in [3.05, 3.63) is 17.5 Å². The number of aromatic nitrogens is 2. The summed E-state index contributed by atoms with van der Waals surface area (Å²) >= 11 is 0. The molecule has 18 heavy (non-hydrogen) atoms. The summed E-state index contributed by atoms with van der Waals surface area (Å²) in [5, 5.41) is 7.92. The van der Waals surface area contributed by atoms with Gasteiger partial charge >= 0.3 is 0 Å². The van der Waals surface area contributed by atoms with Crippen molar-refractivity contribution in [1.29, 1.82) is 0 Å². The van der Waals surface area contributed by atoms with Crippen molar-refractivity contribution in [3.63, 3.8) is 0 Å². The molecule has 100 valence electrons. The number of rotatable bonds is 4. The van der Waals surface area contributed by atoms with Gasteiger partial charge in [-0.2, -0.15) is 5.10 Å². The smallest absolute Gasteiger partial charge is 0.0726 e. The summed E-state index contributed by atoms with van der Waals surface area (Å²) in [7, 11) is 1.94.